The van der Waals surface area contributed by atoms with Gasteiger partial charge in [0.2, 0.25) is 0 Å². The lowest BCUT2D eigenvalue weighted by Crippen LogP contribution is -2.39. The third-order valence-corrected chi connectivity index (χ3v) is 4.54. The topological polar surface area (TPSA) is 40.5 Å². The van der Waals surface area contributed by atoms with Crippen molar-refractivity contribution in [2.45, 2.75) is 19.9 Å². The maximum Gasteiger partial charge on any atom is 0.193 e. The predicted octanol–water partition coefficient (Wildman–Crippen LogP) is 3.49. The quantitative estimate of drug-likeness (QED) is 0.660. The van der Waals surface area contributed by atoms with Gasteiger partial charge in [-0.25, -0.2) is 9.37 Å². The fraction of sp³-hybridized carbons (Fsp3) is 0.375. The highest BCUT2D eigenvalue weighted by atomic mass is 35.5. The summed E-state index contributed by atoms with van der Waals surface area (Å²) in [7, 11) is 3.56. The normalized spacial score (nSPS) is 11.6. The van der Waals surface area contributed by atoms with Crippen molar-refractivity contribution >= 4 is 28.9 Å². The lowest BCUT2D eigenvalue weighted by atomic mass is 10.2. The van der Waals surface area contributed by atoms with E-state index in [9.17, 15) is 4.39 Å². The van der Waals surface area contributed by atoms with Crippen LogP contribution in [0.15, 0.2) is 28.6 Å². The molecular formula is C16H20ClFN4S. The van der Waals surface area contributed by atoms with Gasteiger partial charge in [-0.2, -0.15) is 0 Å². The van der Waals surface area contributed by atoms with Crippen molar-refractivity contribution in [3.63, 3.8) is 0 Å². The SMILES string of the molecule is CN=C(NCCc1csc(C)n1)N(C)Cc1c(F)cccc1Cl. The van der Waals surface area contributed by atoms with E-state index in [1.54, 1.807) is 30.5 Å². The Kier molecular flexibility index (Phi) is 6.36. The summed E-state index contributed by atoms with van der Waals surface area (Å²) < 4.78 is 13.9. The number of guanidine groups is 1. The standard InChI is InChI=1S/C16H20ClFN4S/c1-11-21-12(10-23-11)7-8-20-16(19-2)22(3)9-13-14(17)5-4-6-15(13)18/h4-6,10H,7-9H2,1-3H3,(H,19,20). The smallest absolute Gasteiger partial charge is 0.193 e. The van der Waals surface area contributed by atoms with Crippen LogP contribution >= 0.6 is 22.9 Å². The van der Waals surface area contributed by atoms with Gasteiger partial charge in [-0.15, -0.1) is 11.3 Å². The van der Waals surface area contributed by atoms with Crippen LogP contribution in [0.1, 0.15) is 16.3 Å². The zero-order chi connectivity index (χ0) is 16.8. The number of nitrogens with one attached hydrogen (secondary N) is 1. The van der Waals surface area contributed by atoms with Crippen LogP contribution in [0.3, 0.4) is 0 Å². The van der Waals surface area contributed by atoms with Crippen LogP contribution < -0.4 is 5.32 Å². The monoisotopic (exact) mass is 354 g/mol. The minimum Gasteiger partial charge on any atom is -0.356 e. The summed E-state index contributed by atoms with van der Waals surface area (Å²) in [4.78, 5) is 10.5. The van der Waals surface area contributed by atoms with Gasteiger partial charge in [0.25, 0.3) is 0 Å². The Morgan fingerprint density at radius 1 is 1.48 bits per heavy atom. The summed E-state index contributed by atoms with van der Waals surface area (Å²) in [6.45, 7) is 3.05. The fourth-order valence-electron chi connectivity index (χ4n) is 2.21. The molecule has 1 aromatic carbocycles. The number of thiazole rings is 1. The van der Waals surface area contributed by atoms with Crippen molar-refractivity contribution < 1.29 is 4.39 Å². The molecule has 1 aromatic heterocycles. The van der Waals surface area contributed by atoms with Crippen LogP contribution in [0.25, 0.3) is 0 Å². The molecule has 0 amide bonds. The molecule has 0 bridgehead atoms. The minimum atomic E-state index is -0.308. The summed E-state index contributed by atoms with van der Waals surface area (Å²) >= 11 is 7.72. The molecular weight excluding hydrogens is 335 g/mol. The molecule has 2 rings (SSSR count). The molecule has 7 heteroatoms. The Morgan fingerprint density at radius 2 is 2.26 bits per heavy atom. The predicted molar refractivity (Wildman–Crippen MR) is 94.8 cm³/mol. The number of aryl methyl sites for hydroxylation is 1. The molecule has 0 saturated carbocycles. The van der Waals surface area contributed by atoms with Gasteiger partial charge in [-0.05, 0) is 19.1 Å². The van der Waals surface area contributed by atoms with E-state index in [0.29, 0.717) is 29.6 Å². The second-order valence-corrected chi connectivity index (χ2v) is 6.61. The molecule has 0 radical (unpaired) electrons. The van der Waals surface area contributed by atoms with Crippen molar-refractivity contribution in [1.29, 1.82) is 0 Å². The summed E-state index contributed by atoms with van der Waals surface area (Å²) in [6.07, 6.45) is 0.817. The number of hydrogen-bond acceptors (Lipinski definition) is 3. The van der Waals surface area contributed by atoms with Gasteiger partial charge in [0.15, 0.2) is 5.96 Å². The van der Waals surface area contributed by atoms with Crippen molar-refractivity contribution in [1.82, 2.24) is 15.2 Å². The largest absolute Gasteiger partial charge is 0.356 e. The van der Waals surface area contributed by atoms with Crippen LogP contribution in [-0.4, -0.2) is 36.5 Å². The molecule has 2 aromatic rings. The summed E-state index contributed by atoms with van der Waals surface area (Å²) in [5, 5.41) is 6.81. The zero-order valence-electron chi connectivity index (χ0n) is 13.4. The van der Waals surface area contributed by atoms with Gasteiger partial charge < -0.3 is 10.2 Å². The number of benzene rings is 1. The molecule has 4 nitrogen and oxygen atoms in total. The minimum absolute atomic E-state index is 0.308. The van der Waals surface area contributed by atoms with E-state index >= 15 is 0 Å². The maximum atomic E-state index is 13.9. The lowest BCUT2D eigenvalue weighted by molar-refractivity contribution is 0.461. The van der Waals surface area contributed by atoms with Crippen LogP contribution in [0.5, 0.6) is 0 Å². The van der Waals surface area contributed by atoms with Crippen molar-refractivity contribution in [3.05, 3.63) is 50.7 Å². The molecule has 124 valence electrons. The zero-order valence-corrected chi connectivity index (χ0v) is 15.0. The highest BCUT2D eigenvalue weighted by molar-refractivity contribution is 7.09. The van der Waals surface area contributed by atoms with Gasteiger partial charge in [-0.1, -0.05) is 17.7 Å². The Bertz CT molecular complexity index is 666. The first-order valence-corrected chi connectivity index (χ1v) is 8.52. The van der Waals surface area contributed by atoms with Crippen molar-refractivity contribution in [2.24, 2.45) is 4.99 Å². The lowest BCUT2D eigenvalue weighted by Gasteiger charge is -2.22. The third-order valence-electron chi connectivity index (χ3n) is 3.36. The van der Waals surface area contributed by atoms with Crippen LogP contribution in [0.4, 0.5) is 4.39 Å². The third kappa shape index (κ3) is 4.91. The van der Waals surface area contributed by atoms with E-state index in [1.807, 2.05) is 18.9 Å². The molecule has 0 atom stereocenters. The van der Waals surface area contributed by atoms with Gasteiger partial charge in [0.05, 0.1) is 10.7 Å². The van der Waals surface area contributed by atoms with Gasteiger partial charge in [-0.3, -0.25) is 4.99 Å². The van der Waals surface area contributed by atoms with Crippen molar-refractivity contribution in [3.8, 4) is 0 Å². The number of aromatic nitrogens is 1. The summed E-state index contributed by atoms with van der Waals surface area (Å²) in [5.74, 6) is 0.383. The molecule has 0 aliphatic rings. The first-order valence-electron chi connectivity index (χ1n) is 7.27. The highest BCUT2D eigenvalue weighted by Gasteiger charge is 2.12. The van der Waals surface area contributed by atoms with E-state index in [1.165, 1.54) is 6.07 Å². The molecule has 1 N–H and O–H groups in total. The van der Waals surface area contributed by atoms with Crippen LogP contribution in [-0.2, 0) is 13.0 Å². The van der Waals surface area contributed by atoms with Gasteiger partial charge in [0.1, 0.15) is 5.82 Å². The van der Waals surface area contributed by atoms with E-state index in [-0.39, 0.29) is 5.82 Å². The number of aliphatic imine (C=N–C) groups is 1. The first kappa shape index (κ1) is 17.7. The maximum absolute atomic E-state index is 13.9. The van der Waals surface area contributed by atoms with Crippen LogP contribution in [0.2, 0.25) is 5.02 Å². The molecule has 0 aliphatic carbocycles. The van der Waals surface area contributed by atoms with E-state index in [4.69, 9.17) is 11.6 Å². The highest BCUT2D eigenvalue weighted by Crippen LogP contribution is 2.20. The van der Waals surface area contributed by atoms with E-state index < -0.39 is 0 Å². The molecule has 1 heterocycles. The molecule has 0 unspecified atom stereocenters. The van der Waals surface area contributed by atoms with E-state index in [2.05, 4.69) is 20.7 Å². The average molecular weight is 355 g/mol. The fourth-order valence-corrected chi connectivity index (χ4v) is 3.08. The van der Waals surface area contributed by atoms with Gasteiger partial charge >= 0.3 is 0 Å². The Hall–Kier alpha value is -1.66. The second kappa shape index (κ2) is 8.26. The summed E-state index contributed by atoms with van der Waals surface area (Å²) in [5.41, 5.74) is 1.53. The Morgan fingerprint density at radius 3 is 2.87 bits per heavy atom. The first-order chi connectivity index (χ1) is 11.0. The molecule has 0 spiro atoms. The van der Waals surface area contributed by atoms with Crippen molar-refractivity contribution in [2.75, 3.05) is 20.6 Å². The number of hydrogen-bond donors (Lipinski definition) is 1. The number of nitrogens with zero attached hydrogens (tertiary/aromatic N) is 3. The average Bonchev–Trinajstić information content (AvgIpc) is 2.93. The summed E-state index contributed by atoms with van der Waals surface area (Å²) in [6, 6.07) is 4.70. The molecule has 0 saturated heterocycles. The molecule has 0 fully saturated rings. The molecule has 0 aliphatic heterocycles. The van der Waals surface area contributed by atoms with E-state index in [0.717, 1.165) is 17.1 Å². The Balaban J connectivity index is 1.92. The molecule has 23 heavy (non-hydrogen) atoms. The number of rotatable bonds is 5. The Labute approximate surface area is 145 Å². The van der Waals surface area contributed by atoms with Gasteiger partial charge in [0, 0.05) is 49.6 Å². The number of halogens is 2. The second-order valence-electron chi connectivity index (χ2n) is 5.14. The van der Waals surface area contributed by atoms with Crippen LogP contribution in [0, 0.1) is 12.7 Å².